The van der Waals surface area contributed by atoms with Crippen LogP contribution in [0.3, 0.4) is 0 Å². The second-order valence-corrected chi connectivity index (χ2v) is 2.22. The van der Waals surface area contributed by atoms with Gasteiger partial charge in [-0.15, -0.1) is 0 Å². The maximum atomic E-state index is 9.76. The zero-order valence-corrected chi connectivity index (χ0v) is 9.57. The van der Waals surface area contributed by atoms with E-state index < -0.39 is 0 Å². The van der Waals surface area contributed by atoms with Crippen molar-refractivity contribution >= 4 is 15.7 Å². The Balaban J connectivity index is 0. The molecular weight excluding hydrogens is 189 g/mol. The van der Waals surface area contributed by atoms with Gasteiger partial charge in [-0.2, -0.15) is 0 Å². The van der Waals surface area contributed by atoms with E-state index in [0.717, 1.165) is 12.8 Å². The third-order valence-electron chi connectivity index (χ3n) is 0.949. The lowest BCUT2D eigenvalue weighted by molar-refractivity contribution is -0.112. The summed E-state index contributed by atoms with van der Waals surface area (Å²) in [7, 11) is 2.39. The Bertz CT molecular complexity index is 93.5. The quantitative estimate of drug-likeness (QED) is 0.362. The molecular formula is C8H20NO3P. The summed E-state index contributed by atoms with van der Waals surface area (Å²) in [5.74, 6) is 0. The van der Waals surface area contributed by atoms with Gasteiger partial charge >= 0.3 is 0 Å². The first-order valence-electron chi connectivity index (χ1n) is 4.44. The summed E-state index contributed by atoms with van der Waals surface area (Å²) in [5, 5.41) is 2.86. The molecule has 0 spiro atoms. The zero-order chi connectivity index (χ0) is 10.4. The molecule has 0 aliphatic carbocycles. The van der Waals surface area contributed by atoms with Crippen molar-refractivity contribution in [2.45, 2.75) is 13.8 Å². The second kappa shape index (κ2) is 17.9. The van der Waals surface area contributed by atoms with Gasteiger partial charge in [0.05, 0.1) is 19.8 Å². The Morgan fingerprint density at radius 1 is 1.23 bits per heavy atom. The summed E-state index contributed by atoms with van der Waals surface area (Å²) >= 11 is 0. The molecule has 0 saturated heterocycles. The van der Waals surface area contributed by atoms with E-state index in [2.05, 4.69) is 14.5 Å². The van der Waals surface area contributed by atoms with Gasteiger partial charge in [-0.05, 0) is 0 Å². The van der Waals surface area contributed by atoms with E-state index in [1.165, 1.54) is 0 Å². The highest BCUT2D eigenvalue weighted by molar-refractivity contribution is 7.13. The second-order valence-electron chi connectivity index (χ2n) is 1.81. The predicted molar refractivity (Wildman–Crippen MR) is 56.8 cm³/mol. The monoisotopic (exact) mass is 209 g/mol. The first kappa shape index (κ1) is 15.5. The normalized spacial score (nSPS) is 8.85. The number of rotatable bonds is 8. The van der Waals surface area contributed by atoms with Crippen molar-refractivity contribution in [1.82, 2.24) is 5.09 Å². The van der Waals surface area contributed by atoms with E-state index >= 15 is 0 Å². The minimum absolute atomic E-state index is 0.158. The minimum atomic E-state index is 0.158. The van der Waals surface area contributed by atoms with Crippen molar-refractivity contribution in [3.8, 4) is 0 Å². The lowest BCUT2D eigenvalue weighted by Gasteiger charge is -2.02. The van der Waals surface area contributed by atoms with E-state index in [1.54, 1.807) is 0 Å². The standard InChI is InChI=1S/C6H14NO3P.C2H6/c8-2-4-10-6-5-9-3-1-7-11;1-2/h2,7H,1,3-6,11H2;1-2H3. The van der Waals surface area contributed by atoms with E-state index in [0.29, 0.717) is 19.8 Å². The van der Waals surface area contributed by atoms with Gasteiger partial charge in [0.2, 0.25) is 0 Å². The van der Waals surface area contributed by atoms with Crippen LogP contribution in [0.15, 0.2) is 0 Å². The predicted octanol–water partition coefficient (Wildman–Crippen LogP) is 0.624. The molecule has 0 aromatic carbocycles. The molecule has 80 valence electrons. The maximum Gasteiger partial charge on any atom is 0.145 e. The molecule has 4 nitrogen and oxygen atoms in total. The van der Waals surface area contributed by atoms with Crippen molar-refractivity contribution in [3.05, 3.63) is 0 Å². The molecule has 0 heterocycles. The van der Waals surface area contributed by atoms with Crippen molar-refractivity contribution in [3.63, 3.8) is 0 Å². The molecule has 0 fully saturated rings. The third-order valence-corrected chi connectivity index (χ3v) is 1.24. The topological polar surface area (TPSA) is 47.6 Å². The molecule has 0 aromatic rings. The molecule has 0 bridgehead atoms. The molecule has 1 N–H and O–H groups in total. The van der Waals surface area contributed by atoms with Crippen LogP contribution in [-0.4, -0.2) is 39.3 Å². The van der Waals surface area contributed by atoms with Crippen LogP contribution < -0.4 is 5.09 Å². The number of hydrogen-bond donors (Lipinski definition) is 1. The number of nitrogens with one attached hydrogen (secondary N) is 1. The highest BCUT2D eigenvalue weighted by Gasteiger charge is 1.87. The van der Waals surface area contributed by atoms with Crippen molar-refractivity contribution in [2.75, 3.05) is 33.0 Å². The molecule has 0 aliphatic heterocycles. The van der Waals surface area contributed by atoms with Gasteiger partial charge in [-0.25, -0.2) is 0 Å². The average Bonchev–Trinajstić information content (AvgIpc) is 2.20. The Hall–Kier alpha value is -0.0200. The van der Waals surface area contributed by atoms with Crippen molar-refractivity contribution in [2.24, 2.45) is 0 Å². The molecule has 1 atom stereocenters. The lowest BCUT2D eigenvalue weighted by Crippen LogP contribution is -2.12. The lowest BCUT2D eigenvalue weighted by atomic mass is 10.7. The van der Waals surface area contributed by atoms with Crippen LogP contribution in [0, 0.1) is 0 Å². The fourth-order valence-corrected chi connectivity index (χ4v) is 0.600. The maximum absolute atomic E-state index is 9.76. The number of carbonyl (C=O) groups is 1. The molecule has 13 heavy (non-hydrogen) atoms. The van der Waals surface area contributed by atoms with E-state index in [9.17, 15) is 4.79 Å². The highest BCUT2D eigenvalue weighted by atomic mass is 31.0. The largest absolute Gasteiger partial charge is 0.378 e. The summed E-state index contributed by atoms with van der Waals surface area (Å²) in [6, 6.07) is 0. The molecule has 0 aliphatic rings. The van der Waals surface area contributed by atoms with Gasteiger partial charge in [-0.1, -0.05) is 23.2 Å². The molecule has 0 aromatic heterocycles. The fraction of sp³-hybridized carbons (Fsp3) is 0.875. The highest BCUT2D eigenvalue weighted by Crippen LogP contribution is 1.77. The first-order chi connectivity index (χ1) is 6.41. The third kappa shape index (κ3) is 18.7. The summed E-state index contributed by atoms with van der Waals surface area (Å²) < 4.78 is 9.95. The number of ether oxygens (including phenoxy) is 2. The van der Waals surface area contributed by atoms with Crippen LogP contribution in [-0.2, 0) is 14.3 Å². The number of aldehydes is 1. The summed E-state index contributed by atoms with van der Waals surface area (Å²) in [6.07, 6.45) is 0.726. The van der Waals surface area contributed by atoms with E-state index in [1.807, 2.05) is 13.8 Å². The van der Waals surface area contributed by atoms with Gasteiger partial charge in [0, 0.05) is 6.54 Å². The van der Waals surface area contributed by atoms with Gasteiger partial charge in [0.15, 0.2) is 0 Å². The molecule has 1 unspecified atom stereocenters. The van der Waals surface area contributed by atoms with Crippen LogP contribution in [0.4, 0.5) is 0 Å². The number of carbonyl (C=O) groups excluding carboxylic acids is 1. The zero-order valence-electron chi connectivity index (χ0n) is 8.41. The fourth-order valence-electron chi connectivity index (χ4n) is 0.482. The Labute approximate surface area is 82.6 Å². The van der Waals surface area contributed by atoms with Gasteiger partial charge < -0.3 is 14.3 Å². The summed E-state index contributed by atoms with van der Waals surface area (Å²) in [4.78, 5) is 9.76. The Kier molecular flexibility index (Phi) is 21.3. The Morgan fingerprint density at radius 2 is 1.85 bits per heavy atom. The molecule has 0 rings (SSSR count). The van der Waals surface area contributed by atoms with Crippen LogP contribution in [0.1, 0.15) is 13.8 Å². The van der Waals surface area contributed by atoms with E-state index in [4.69, 9.17) is 9.47 Å². The molecule has 0 saturated carbocycles. The molecule has 0 radical (unpaired) electrons. The van der Waals surface area contributed by atoms with Crippen LogP contribution in [0.5, 0.6) is 0 Å². The van der Waals surface area contributed by atoms with Crippen LogP contribution >= 0.6 is 9.39 Å². The molecule has 0 amide bonds. The Morgan fingerprint density at radius 3 is 2.38 bits per heavy atom. The van der Waals surface area contributed by atoms with E-state index in [-0.39, 0.29) is 6.61 Å². The first-order valence-corrected chi connectivity index (χ1v) is 5.02. The summed E-state index contributed by atoms with van der Waals surface area (Å²) in [5.41, 5.74) is 0. The smallest absolute Gasteiger partial charge is 0.145 e. The van der Waals surface area contributed by atoms with Gasteiger partial charge in [0.25, 0.3) is 0 Å². The average molecular weight is 209 g/mol. The summed E-state index contributed by atoms with van der Waals surface area (Å²) in [6.45, 7) is 6.65. The number of hydrogen-bond acceptors (Lipinski definition) is 4. The van der Waals surface area contributed by atoms with Crippen LogP contribution in [0.25, 0.3) is 0 Å². The van der Waals surface area contributed by atoms with Crippen molar-refractivity contribution < 1.29 is 14.3 Å². The van der Waals surface area contributed by atoms with Crippen LogP contribution in [0.2, 0.25) is 0 Å². The van der Waals surface area contributed by atoms with Gasteiger partial charge in [-0.3, -0.25) is 5.09 Å². The van der Waals surface area contributed by atoms with Gasteiger partial charge in [0.1, 0.15) is 12.9 Å². The van der Waals surface area contributed by atoms with Crippen molar-refractivity contribution in [1.29, 1.82) is 0 Å². The SMILES string of the molecule is CC.O=CCOCCOCCNP. The minimum Gasteiger partial charge on any atom is -0.378 e. The molecule has 5 heteroatoms.